The monoisotopic (exact) mass is 314 g/mol. The number of carbonyl (C=O) groups is 3. The first-order valence-electron chi connectivity index (χ1n) is 7.40. The molecule has 0 fully saturated rings. The van der Waals surface area contributed by atoms with Gasteiger partial charge < -0.3 is 19.7 Å². The van der Waals surface area contributed by atoms with Crippen molar-refractivity contribution in [2.24, 2.45) is 0 Å². The zero-order valence-corrected chi connectivity index (χ0v) is 13.9. The minimum absolute atomic E-state index is 0.0232. The highest BCUT2D eigenvalue weighted by Crippen LogP contribution is 1.94. The van der Waals surface area contributed by atoms with Crippen LogP contribution >= 0.6 is 0 Å². The van der Waals surface area contributed by atoms with E-state index < -0.39 is 11.9 Å². The molecule has 0 spiro atoms. The number of amides is 2. The van der Waals surface area contributed by atoms with Crippen LogP contribution < -0.4 is 5.32 Å². The van der Waals surface area contributed by atoms with Crippen molar-refractivity contribution in [2.75, 3.05) is 19.7 Å². The molecule has 1 N–H and O–H groups in total. The highest BCUT2D eigenvalue weighted by atomic mass is 16.5. The maximum absolute atomic E-state index is 11.8. The highest BCUT2D eigenvalue weighted by molar-refractivity contribution is 5.91. The molecule has 0 bridgehead atoms. The predicted molar refractivity (Wildman–Crippen MR) is 82.2 cm³/mol. The van der Waals surface area contributed by atoms with Crippen molar-refractivity contribution in [3.63, 3.8) is 0 Å². The lowest BCUT2D eigenvalue weighted by atomic mass is 10.3. The second-order valence-electron chi connectivity index (χ2n) is 4.97. The van der Waals surface area contributed by atoms with Crippen molar-refractivity contribution in [3.8, 4) is 0 Å². The van der Waals surface area contributed by atoms with E-state index in [1.54, 1.807) is 25.7 Å². The van der Waals surface area contributed by atoms with Gasteiger partial charge in [0.2, 0.25) is 0 Å². The average Bonchev–Trinajstić information content (AvgIpc) is 2.43. The summed E-state index contributed by atoms with van der Waals surface area (Å²) in [5.74, 6) is -1.26. The molecule has 126 valence electrons. The molecule has 0 unspecified atom stereocenters. The van der Waals surface area contributed by atoms with Gasteiger partial charge in [-0.3, -0.25) is 0 Å². The summed E-state index contributed by atoms with van der Waals surface area (Å²) in [5, 5.41) is 2.72. The molecule has 22 heavy (non-hydrogen) atoms. The first-order chi connectivity index (χ1) is 10.3. The topological polar surface area (TPSA) is 84.9 Å². The van der Waals surface area contributed by atoms with E-state index in [-0.39, 0.29) is 24.8 Å². The summed E-state index contributed by atoms with van der Waals surface area (Å²) in [6, 6.07) is -0.530. The largest absolute Gasteiger partial charge is 0.460 e. The Morgan fingerprint density at radius 2 is 1.59 bits per heavy atom. The lowest BCUT2D eigenvalue weighted by molar-refractivity contribution is -0.143. The van der Waals surface area contributed by atoms with Crippen LogP contribution in [0.4, 0.5) is 4.79 Å². The summed E-state index contributed by atoms with van der Waals surface area (Å²) >= 11 is 0. The van der Waals surface area contributed by atoms with Gasteiger partial charge in [-0.1, -0.05) is 0 Å². The van der Waals surface area contributed by atoms with Crippen molar-refractivity contribution >= 4 is 18.0 Å². The minimum Gasteiger partial charge on any atom is -0.460 e. The van der Waals surface area contributed by atoms with E-state index in [1.165, 1.54) is 0 Å². The van der Waals surface area contributed by atoms with Crippen molar-refractivity contribution in [1.29, 1.82) is 0 Å². The third-order valence-electron chi connectivity index (χ3n) is 2.60. The summed E-state index contributed by atoms with van der Waals surface area (Å²) in [6.45, 7) is 10.2. The Kier molecular flexibility index (Phi) is 9.65. The van der Waals surface area contributed by atoms with Crippen LogP contribution in [0.5, 0.6) is 0 Å². The Morgan fingerprint density at radius 3 is 2.09 bits per heavy atom. The molecule has 0 saturated heterocycles. The van der Waals surface area contributed by atoms with Crippen LogP contribution in [0.25, 0.3) is 0 Å². The first kappa shape index (κ1) is 19.9. The quantitative estimate of drug-likeness (QED) is 0.542. The molecule has 0 heterocycles. The summed E-state index contributed by atoms with van der Waals surface area (Å²) < 4.78 is 9.77. The SMILES string of the molecule is CCN(CC)C(=O)N[C@@H](C)COC(=O)/C=C/C(=O)OC(C)C. The number of nitrogens with one attached hydrogen (secondary N) is 1. The van der Waals surface area contributed by atoms with Crippen LogP contribution in [0.1, 0.15) is 34.6 Å². The Bertz CT molecular complexity index is 403. The fourth-order valence-corrected chi connectivity index (χ4v) is 1.52. The van der Waals surface area contributed by atoms with Crippen LogP contribution in [0.3, 0.4) is 0 Å². The zero-order chi connectivity index (χ0) is 17.1. The molecule has 1 atom stereocenters. The van der Waals surface area contributed by atoms with Gasteiger partial charge in [-0.25, -0.2) is 14.4 Å². The standard InChI is InChI=1S/C15H26N2O5/c1-6-17(7-2)15(20)16-12(5)10-21-13(18)8-9-14(19)22-11(3)4/h8-9,11-12H,6-7,10H2,1-5H3,(H,16,20)/b9-8+/t12-/m0/s1. The van der Waals surface area contributed by atoms with Gasteiger partial charge in [-0.05, 0) is 34.6 Å². The molecule has 0 aliphatic rings. The van der Waals surface area contributed by atoms with E-state index >= 15 is 0 Å². The third kappa shape index (κ3) is 8.99. The Morgan fingerprint density at radius 1 is 1.05 bits per heavy atom. The Labute approximate surface area is 131 Å². The summed E-state index contributed by atoms with van der Waals surface area (Å²) in [4.78, 5) is 36.0. The third-order valence-corrected chi connectivity index (χ3v) is 2.60. The average molecular weight is 314 g/mol. The Hall–Kier alpha value is -2.05. The maximum atomic E-state index is 11.8. The van der Waals surface area contributed by atoms with Crippen LogP contribution in [-0.2, 0) is 19.1 Å². The van der Waals surface area contributed by atoms with Crippen molar-refractivity contribution in [3.05, 3.63) is 12.2 Å². The Balaban J connectivity index is 4.11. The van der Waals surface area contributed by atoms with Gasteiger partial charge in [-0.15, -0.1) is 0 Å². The van der Waals surface area contributed by atoms with Crippen LogP contribution in [-0.4, -0.2) is 54.7 Å². The lowest BCUT2D eigenvalue weighted by Crippen LogP contribution is -2.45. The number of carbonyl (C=O) groups excluding carboxylic acids is 3. The van der Waals surface area contributed by atoms with Gasteiger partial charge in [0.05, 0.1) is 12.1 Å². The molecule has 2 amide bonds. The van der Waals surface area contributed by atoms with E-state index in [9.17, 15) is 14.4 Å². The zero-order valence-electron chi connectivity index (χ0n) is 13.9. The molecule has 0 aromatic carbocycles. The normalized spacial score (nSPS) is 12.1. The number of nitrogens with zero attached hydrogens (tertiary/aromatic N) is 1. The molecule has 7 nitrogen and oxygen atoms in total. The highest BCUT2D eigenvalue weighted by Gasteiger charge is 2.13. The molecule has 0 saturated carbocycles. The number of urea groups is 1. The number of hydrogen-bond acceptors (Lipinski definition) is 5. The fourth-order valence-electron chi connectivity index (χ4n) is 1.52. The van der Waals surface area contributed by atoms with Crippen molar-refractivity contribution < 1.29 is 23.9 Å². The van der Waals surface area contributed by atoms with Gasteiger partial charge in [0.25, 0.3) is 0 Å². The predicted octanol–water partition coefficient (Wildman–Crippen LogP) is 1.48. The van der Waals surface area contributed by atoms with Gasteiger partial charge in [-0.2, -0.15) is 0 Å². The first-order valence-corrected chi connectivity index (χ1v) is 7.40. The van der Waals surface area contributed by atoms with E-state index in [4.69, 9.17) is 9.47 Å². The minimum atomic E-state index is -0.662. The number of rotatable bonds is 8. The molecule has 0 rings (SSSR count). The van der Waals surface area contributed by atoms with Gasteiger partial charge in [0.1, 0.15) is 6.61 Å². The molecule has 0 aliphatic heterocycles. The van der Waals surface area contributed by atoms with Gasteiger partial charge in [0.15, 0.2) is 0 Å². The molecule has 0 radical (unpaired) electrons. The number of esters is 2. The fraction of sp³-hybridized carbons (Fsp3) is 0.667. The molecule has 7 heteroatoms. The van der Waals surface area contributed by atoms with Gasteiger partial charge in [0, 0.05) is 25.2 Å². The van der Waals surface area contributed by atoms with Gasteiger partial charge >= 0.3 is 18.0 Å². The molecule has 0 aromatic heterocycles. The van der Waals surface area contributed by atoms with E-state index in [0.717, 1.165) is 12.2 Å². The molecular weight excluding hydrogens is 288 g/mol. The van der Waals surface area contributed by atoms with E-state index in [2.05, 4.69) is 5.32 Å². The molecular formula is C15H26N2O5. The smallest absolute Gasteiger partial charge is 0.331 e. The number of ether oxygens (including phenoxy) is 2. The molecule has 0 aliphatic carbocycles. The molecule has 0 aromatic rings. The maximum Gasteiger partial charge on any atom is 0.331 e. The van der Waals surface area contributed by atoms with Crippen LogP contribution in [0.2, 0.25) is 0 Å². The second kappa shape index (κ2) is 10.6. The number of hydrogen-bond donors (Lipinski definition) is 1. The lowest BCUT2D eigenvalue weighted by Gasteiger charge is -2.22. The van der Waals surface area contributed by atoms with E-state index in [0.29, 0.717) is 13.1 Å². The van der Waals surface area contributed by atoms with Crippen molar-refractivity contribution in [1.82, 2.24) is 10.2 Å². The summed E-state index contributed by atoms with van der Waals surface area (Å²) in [5.41, 5.74) is 0. The summed E-state index contributed by atoms with van der Waals surface area (Å²) in [7, 11) is 0. The summed E-state index contributed by atoms with van der Waals surface area (Å²) in [6.07, 6.45) is 1.77. The van der Waals surface area contributed by atoms with E-state index in [1.807, 2.05) is 13.8 Å². The van der Waals surface area contributed by atoms with Crippen LogP contribution in [0.15, 0.2) is 12.2 Å². The second-order valence-corrected chi connectivity index (χ2v) is 4.97. The van der Waals surface area contributed by atoms with Crippen molar-refractivity contribution in [2.45, 2.75) is 46.8 Å². The van der Waals surface area contributed by atoms with Crippen LogP contribution in [0, 0.1) is 0 Å².